The van der Waals surface area contributed by atoms with E-state index in [9.17, 15) is 24.4 Å². The van der Waals surface area contributed by atoms with Gasteiger partial charge in [0.05, 0.1) is 15.7 Å². The molecule has 1 atom stereocenters. The van der Waals surface area contributed by atoms with Gasteiger partial charge < -0.3 is 21.3 Å². The summed E-state index contributed by atoms with van der Waals surface area (Å²) in [6, 6.07) is 40.3. The topological polar surface area (TPSA) is 140 Å². The van der Waals surface area contributed by atoms with Crippen LogP contribution in [0.2, 0.25) is 0 Å². The Bertz CT molecular complexity index is 2400. The van der Waals surface area contributed by atoms with E-state index in [-0.39, 0.29) is 23.1 Å². The van der Waals surface area contributed by atoms with E-state index in [0.29, 0.717) is 37.3 Å². The zero-order valence-electron chi connectivity index (χ0n) is 28.7. The molecule has 262 valence electrons. The molecule has 0 aliphatic carbocycles. The van der Waals surface area contributed by atoms with Crippen LogP contribution in [0.4, 0.5) is 16.4 Å². The van der Waals surface area contributed by atoms with Crippen molar-refractivity contribution in [2.75, 3.05) is 16.0 Å². The lowest BCUT2D eigenvalue weighted by atomic mass is 10.0. The van der Waals surface area contributed by atoms with Crippen molar-refractivity contribution in [1.82, 2.24) is 5.32 Å². The Morgan fingerprint density at radius 2 is 1.42 bits per heavy atom. The van der Waals surface area contributed by atoms with Crippen LogP contribution in [0.3, 0.4) is 0 Å². The summed E-state index contributed by atoms with van der Waals surface area (Å²) in [7, 11) is 0. The van der Waals surface area contributed by atoms with Crippen LogP contribution in [-0.4, -0.2) is 28.9 Å². The Morgan fingerprint density at radius 3 is 2.17 bits per heavy atom. The number of carbonyl (C=O) groups excluding carboxylic acids is 4. The quantitative estimate of drug-likeness (QED) is 0.0774. The van der Waals surface area contributed by atoms with Gasteiger partial charge >= 0.3 is 0 Å². The number of hydrogen-bond acceptors (Lipinski definition) is 7. The fourth-order valence-corrected chi connectivity index (χ4v) is 7.43. The molecule has 4 amide bonds. The SMILES string of the molecule is Cc1c(C(=O)Nc2ccccc2)sc(NC(=O)C(C)Sc2cccc(NC(=O)/C(=C\c3cccc4ccccc34)NC(=O)c3ccccc3)c2)c1C#N. The third kappa shape index (κ3) is 8.88. The summed E-state index contributed by atoms with van der Waals surface area (Å²) in [5, 5.41) is 22.8. The molecule has 0 aliphatic rings. The number of carbonyl (C=O) groups is 4. The average Bonchev–Trinajstić information content (AvgIpc) is 3.49. The number of nitrogens with one attached hydrogen (secondary N) is 4. The number of rotatable bonds is 11. The molecule has 0 saturated heterocycles. The average molecular weight is 736 g/mol. The minimum Gasteiger partial charge on any atom is -0.321 e. The molecule has 9 nitrogen and oxygen atoms in total. The molecular formula is C42H33N5O4S2. The number of benzene rings is 5. The number of nitriles is 1. The van der Waals surface area contributed by atoms with E-state index in [0.717, 1.165) is 27.7 Å². The van der Waals surface area contributed by atoms with E-state index in [2.05, 4.69) is 27.3 Å². The summed E-state index contributed by atoms with van der Waals surface area (Å²) < 4.78 is 0. The maximum Gasteiger partial charge on any atom is 0.272 e. The molecule has 1 aromatic heterocycles. The van der Waals surface area contributed by atoms with E-state index < -0.39 is 17.1 Å². The molecular weight excluding hydrogens is 703 g/mol. The molecule has 0 saturated carbocycles. The van der Waals surface area contributed by atoms with Crippen molar-refractivity contribution >= 4 is 80.0 Å². The first-order chi connectivity index (χ1) is 25.7. The zero-order chi connectivity index (χ0) is 37.3. The van der Waals surface area contributed by atoms with E-state index in [1.165, 1.54) is 11.8 Å². The Hall–Kier alpha value is -6.48. The summed E-state index contributed by atoms with van der Waals surface area (Å²) in [5.41, 5.74) is 3.01. The van der Waals surface area contributed by atoms with Gasteiger partial charge in [0.2, 0.25) is 5.91 Å². The van der Waals surface area contributed by atoms with Crippen LogP contribution >= 0.6 is 23.1 Å². The summed E-state index contributed by atoms with van der Waals surface area (Å²) in [6.07, 6.45) is 1.65. The van der Waals surface area contributed by atoms with Crippen LogP contribution in [0.5, 0.6) is 0 Å². The van der Waals surface area contributed by atoms with E-state index in [1.807, 2.05) is 60.7 Å². The molecule has 0 bridgehead atoms. The van der Waals surface area contributed by atoms with E-state index in [4.69, 9.17) is 0 Å². The number of anilines is 3. The predicted molar refractivity (Wildman–Crippen MR) is 213 cm³/mol. The Balaban J connectivity index is 1.17. The van der Waals surface area contributed by atoms with Crippen molar-refractivity contribution in [2.24, 2.45) is 0 Å². The molecule has 1 unspecified atom stereocenters. The lowest BCUT2D eigenvalue weighted by molar-refractivity contribution is -0.115. The molecule has 0 spiro atoms. The first-order valence-corrected chi connectivity index (χ1v) is 18.2. The van der Waals surface area contributed by atoms with Crippen molar-refractivity contribution in [1.29, 1.82) is 5.26 Å². The summed E-state index contributed by atoms with van der Waals surface area (Å²) in [6.45, 7) is 3.41. The molecule has 4 N–H and O–H groups in total. The maximum absolute atomic E-state index is 13.8. The van der Waals surface area contributed by atoms with Gasteiger partial charge in [-0.25, -0.2) is 0 Å². The van der Waals surface area contributed by atoms with E-state index >= 15 is 0 Å². The van der Waals surface area contributed by atoms with Crippen molar-refractivity contribution in [3.63, 3.8) is 0 Å². The van der Waals surface area contributed by atoms with E-state index in [1.54, 1.807) is 86.7 Å². The van der Waals surface area contributed by atoms with Crippen LogP contribution in [0, 0.1) is 18.3 Å². The Kier molecular flexibility index (Phi) is 11.4. The number of thioether (sulfide) groups is 1. The molecule has 53 heavy (non-hydrogen) atoms. The predicted octanol–water partition coefficient (Wildman–Crippen LogP) is 8.86. The molecule has 11 heteroatoms. The van der Waals surface area contributed by atoms with Gasteiger partial charge in [-0.3, -0.25) is 19.2 Å². The van der Waals surface area contributed by atoms with Gasteiger partial charge in [-0.1, -0.05) is 84.9 Å². The number of fused-ring (bicyclic) bond motifs is 1. The van der Waals surface area contributed by atoms with Crippen molar-refractivity contribution in [3.05, 3.63) is 160 Å². The largest absolute Gasteiger partial charge is 0.321 e. The Morgan fingerprint density at radius 1 is 0.755 bits per heavy atom. The third-order valence-electron chi connectivity index (χ3n) is 8.16. The van der Waals surface area contributed by atoms with Gasteiger partial charge in [0.15, 0.2) is 0 Å². The van der Waals surface area contributed by atoms with Crippen molar-refractivity contribution < 1.29 is 19.2 Å². The number of para-hydroxylation sites is 1. The number of hydrogen-bond donors (Lipinski definition) is 4. The van der Waals surface area contributed by atoms with Crippen LogP contribution in [0.15, 0.2) is 138 Å². The van der Waals surface area contributed by atoms with Gasteiger partial charge in [-0.15, -0.1) is 23.1 Å². The van der Waals surface area contributed by atoms with Gasteiger partial charge in [0, 0.05) is 21.8 Å². The lowest BCUT2D eigenvalue weighted by Crippen LogP contribution is -2.30. The maximum atomic E-state index is 13.8. The number of thiophene rings is 1. The Labute approximate surface area is 314 Å². The van der Waals surface area contributed by atoms with Gasteiger partial charge in [-0.2, -0.15) is 5.26 Å². The number of nitrogens with zero attached hydrogens (tertiary/aromatic N) is 1. The van der Waals surface area contributed by atoms with Crippen LogP contribution in [0.1, 0.15) is 43.6 Å². The second-order valence-electron chi connectivity index (χ2n) is 11.9. The van der Waals surface area contributed by atoms with Gasteiger partial charge in [-0.05, 0) is 84.3 Å². The molecule has 6 aromatic rings. The molecule has 5 aromatic carbocycles. The lowest BCUT2D eigenvalue weighted by Gasteiger charge is -2.14. The monoisotopic (exact) mass is 735 g/mol. The normalized spacial score (nSPS) is 11.6. The standard InChI is InChI=1S/C42H33N5O4S2/c1-26-35(25-43)42(53-37(26)41(51)44-31-18-7-4-8-19-31)47-38(48)27(2)52-33-21-12-20-32(24-33)45-40(50)36(46-39(49)29-14-5-3-6-15-29)23-30-17-11-16-28-13-9-10-22-34(28)30/h3-24,27H,1-2H3,(H,44,51)(H,45,50)(H,46,49)(H,47,48)/b36-23+. The summed E-state index contributed by atoms with van der Waals surface area (Å²) >= 11 is 2.31. The molecule has 0 radical (unpaired) electrons. The minimum atomic E-state index is -0.608. The van der Waals surface area contributed by atoms with Crippen molar-refractivity contribution in [2.45, 2.75) is 24.0 Å². The number of amides is 4. The molecule has 6 rings (SSSR count). The minimum absolute atomic E-state index is 0.0531. The molecule has 0 fully saturated rings. The van der Waals surface area contributed by atoms with Crippen LogP contribution in [-0.2, 0) is 9.59 Å². The second kappa shape index (κ2) is 16.7. The summed E-state index contributed by atoms with van der Waals surface area (Å²) in [4.78, 5) is 54.4. The first-order valence-electron chi connectivity index (χ1n) is 16.5. The van der Waals surface area contributed by atoms with Gasteiger partial charge in [0.25, 0.3) is 17.7 Å². The fourth-order valence-electron chi connectivity index (χ4n) is 5.45. The molecule has 1 heterocycles. The van der Waals surface area contributed by atoms with Crippen LogP contribution < -0.4 is 21.3 Å². The second-order valence-corrected chi connectivity index (χ2v) is 14.3. The van der Waals surface area contributed by atoms with Gasteiger partial charge in [0.1, 0.15) is 16.8 Å². The highest BCUT2D eigenvalue weighted by Gasteiger charge is 2.24. The fraction of sp³-hybridized carbons (Fsp3) is 0.0714. The van der Waals surface area contributed by atoms with Crippen LogP contribution in [0.25, 0.3) is 16.8 Å². The molecule has 0 aliphatic heterocycles. The third-order valence-corrected chi connectivity index (χ3v) is 10.5. The highest BCUT2D eigenvalue weighted by Crippen LogP contribution is 2.34. The highest BCUT2D eigenvalue weighted by atomic mass is 32.2. The first kappa shape index (κ1) is 36.3. The zero-order valence-corrected chi connectivity index (χ0v) is 30.3. The summed E-state index contributed by atoms with van der Waals surface area (Å²) in [5.74, 6) is -1.69. The smallest absolute Gasteiger partial charge is 0.272 e. The van der Waals surface area contributed by atoms with Crippen molar-refractivity contribution in [3.8, 4) is 6.07 Å². The highest BCUT2D eigenvalue weighted by molar-refractivity contribution is 8.00.